The molecule has 0 fully saturated rings. The molecule has 3 amide bonds. The van der Waals surface area contributed by atoms with Gasteiger partial charge in [-0.05, 0) is 19.1 Å². The maximum Gasteiger partial charge on any atom is 0.326 e. The summed E-state index contributed by atoms with van der Waals surface area (Å²) < 4.78 is 4.67. The number of urea groups is 1. The summed E-state index contributed by atoms with van der Waals surface area (Å²) in [6.07, 6.45) is 1.27. The summed E-state index contributed by atoms with van der Waals surface area (Å²) in [4.78, 5) is 22.8. The van der Waals surface area contributed by atoms with E-state index in [4.69, 9.17) is 0 Å². The van der Waals surface area contributed by atoms with Crippen LogP contribution in [0.5, 0.6) is 0 Å². The molecule has 0 aliphatic heterocycles. The molecule has 1 aromatic carbocycles. The lowest BCUT2D eigenvalue weighted by Crippen LogP contribution is -2.34. The number of carbonyl (C=O) groups is 2. The lowest BCUT2D eigenvalue weighted by molar-refractivity contribution is -0.116. The van der Waals surface area contributed by atoms with Gasteiger partial charge < -0.3 is 10.1 Å². The maximum atomic E-state index is 11.4. The SMILES string of the molecule is CO/C=C(\C)C(=O)NC(=O)Nc1ccccc1. The number of rotatable bonds is 3. The first-order valence-corrected chi connectivity index (χ1v) is 5.00. The Kier molecular flexibility index (Phi) is 4.75. The number of benzene rings is 1. The van der Waals surface area contributed by atoms with Crippen LogP contribution in [0.1, 0.15) is 6.92 Å². The van der Waals surface area contributed by atoms with Crippen LogP contribution in [-0.4, -0.2) is 19.0 Å². The van der Waals surface area contributed by atoms with Gasteiger partial charge >= 0.3 is 6.03 Å². The molecule has 0 aliphatic carbocycles. The molecule has 0 aliphatic rings. The molecular formula is C12H14N2O3. The topological polar surface area (TPSA) is 67.4 Å². The summed E-state index contributed by atoms with van der Waals surface area (Å²) in [6, 6.07) is 8.27. The standard InChI is InChI=1S/C12H14N2O3/c1-9(8-17-2)11(15)14-12(16)13-10-6-4-3-5-7-10/h3-8H,1-2H3,(H2,13,14,15,16)/b9-8+. The van der Waals surface area contributed by atoms with Gasteiger partial charge in [-0.15, -0.1) is 0 Å². The number of carbonyl (C=O) groups excluding carboxylic acids is 2. The van der Waals surface area contributed by atoms with E-state index in [2.05, 4.69) is 15.4 Å². The zero-order valence-electron chi connectivity index (χ0n) is 9.69. The quantitative estimate of drug-likeness (QED) is 0.620. The highest BCUT2D eigenvalue weighted by atomic mass is 16.5. The van der Waals surface area contributed by atoms with Crippen LogP contribution in [0.25, 0.3) is 0 Å². The molecule has 2 N–H and O–H groups in total. The van der Waals surface area contributed by atoms with Gasteiger partial charge in [0.1, 0.15) is 0 Å². The van der Waals surface area contributed by atoms with E-state index in [0.717, 1.165) is 0 Å². The van der Waals surface area contributed by atoms with Gasteiger partial charge in [0.25, 0.3) is 5.91 Å². The van der Waals surface area contributed by atoms with Crippen molar-refractivity contribution in [3.63, 3.8) is 0 Å². The normalized spacial score (nSPS) is 10.6. The third kappa shape index (κ3) is 4.38. The van der Waals surface area contributed by atoms with Gasteiger partial charge in [-0.1, -0.05) is 18.2 Å². The number of methoxy groups -OCH3 is 1. The second-order valence-electron chi connectivity index (χ2n) is 3.31. The molecule has 0 atom stereocenters. The molecule has 0 spiro atoms. The van der Waals surface area contributed by atoms with E-state index in [0.29, 0.717) is 11.3 Å². The number of nitrogens with one attached hydrogen (secondary N) is 2. The predicted molar refractivity (Wildman–Crippen MR) is 64.4 cm³/mol. The average molecular weight is 234 g/mol. The molecule has 5 nitrogen and oxygen atoms in total. The minimum atomic E-state index is -0.579. The fourth-order valence-corrected chi connectivity index (χ4v) is 1.12. The minimum absolute atomic E-state index is 0.315. The van der Waals surface area contributed by atoms with Gasteiger partial charge in [0, 0.05) is 11.3 Å². The lowest BCUT2D eigenvalue weighted by Gasteiger charge is -2.06. The summed E-state index contributed by atoms with van der Waals surface area (Å²) >= 11 is 0. The Morgan fingerprint density at radius 3 is 2.47 bits per heavy atom. The predicted octanol–water partition coefficient (Wildman–Crippen LogP) is 1.88. The zero-order chi connectivity index (χ0) is 12.7. The van der Waals surface area contributed by atoms with Crippen LogP contribution < -0.4 is 10.6 Å². The molecule has 0 aromatic heterocycles. The number of hydrogen-bond donors (Lipinski definition) is 2. The van der Waals surface area contributed by atoms with Crippen molar-refractivity contribution in [2.45, 2.75) is 6.92 Å². The van der Waals surface area contributed by atoms with Crippen molar-refractivity contribution in [3.8, 4) is 0 Å². The molecule has 17 heavy (non-hydrogen) atoms. The Morgan fingerprint density at radius 2 is 1.88 bits per heavy atom. The van der Waals surface area contributed by atoms with Gasteiger partial charge in [0.2, 0.25) is 0 Å². The molecule has 5 heteroatoms. The van der Waals surface area contributed by atoms with Crippen molar-refractivity contribution in [3.05, 3.63) is 42.2 Å². The molecular weight excluding hydrogens is 220 g/mol. The molecule has 90 valence electrons. The monoisotopic (exact) mass is 234 g/mol. The van der Waals surface area contributed by atoms with Gasteiger partial charge in [0.05, 0.1) is 13.4 Å². The molecule has 1 rings (SSSR count). The third-order valence-corrected chi connectivity index (χ3v) is 1.91. The highest BCUT2D eigenvalue weighted by Crippen LogP contribution is 2.04. The Balaban J connectivity index is 2.51. The van der Waals surface area contributed by atoms with Crippen LogP contribution in [0, 0.1) is 0 Å². The van der Waals surface area contributed by atoms with E-state index in [1.807, 2.05) is 6.07 Å². The van der Waals surface area contributed by atoms with Crippen molar-refractivity contribution < 1.29 is 14.3 Å². The number of imide groups is 1. The average Bonchev–Trinajstić information content (AvgIpc) is 2.30. The Labute approximate surface area is 99.5 Å². The fourth-order valence-electron chi connectivity index (χ4n) is 1.12. The van der Waals surface area contributed by atoms with Crippen LogP contribution >= 0.6 is 0 Å². The van der Waals surface area contributed by atoms with Crippen molar-refractivity contribution in [2.24, 2.45) is 0 Å². The first-order chi connectivity index (χ1) is 8.13. The first-order valence-electron chi connectivity index (χ1n) is 5.00. The van der Waals surface area contributed by atoms with Gasteiger partial charge in [-0.2, -0.15) is 0 Å². The number of anilines is 1. The fraction of sp³-hybridized carbons (Fsp3) is 0.167. The van der Waals surface area contributed by atoms with E-state index in [1.54, 1.807) is 31.2 Å². The van der Waals surface area contributed by atoms with Crippen molar-refractivity contribution in [1.29, 1.82) is 0 Å². The van der Waals surface area contributed by atoms with E-state index < -0.39 is 11.9 Å². The first kappa shape index (κ1) is 12.8. The molecule has 0 bridgehead atoms. The molecule has 0 heterocycles. The lowest BCUT2D eigenvalue weighted by atomic mass is 10.3. The van der Waals surface area contributed by atoms with Gasteiger partial charge in [0.15, 0.2) is 0 Å². The molecule has 0 unspecified atom stereocenters. The number of ether oxygens (including phenoxy) is 1. The van der Waals surface area contributed by atoms with E-state index in [-0.39, 0.29) is 0 Å². The highest BCUT2D eigenvalue weighted by molar-refractivity contribution is 6.07. The summed E-state index contributed by atoms with van der Waals surface area (Å²) in [5, 5.41) is 4.71. The summed E-state index contributed by atoms with van der Waals surface area (Å²) in [5.41, 5.74) is 0.932. The van der Waals surface area contributed by atoms with Crippen LogP contribution in [0.2, 0.25) is 0 Å². The molecule has 0 saturated carbocycles. The summed E-state index contributed by atoms with van der Waals surface area (Å²) in [7, 11) is 1.43. The largest absolute Gasteiger partial charge is 0.504 e. The third-order valence-electron chi connectivity index (χ3n) is 1.91. The number of amides is 3. The number of para-hydroxylation sites is 1. The molecule has 0 saturated heterocycles. The molecule has 1 aromatic rings. The Morgan fingerprint density at radius 1 is 1.24 bits per heavy atom. The number of hydrogen-bond acceptors (Lipinski definition) is 3. The van der Waals surface area contributed by atoms with Crippen molar-refractivity contribution in [1.82, 2.24) is 5.32 Å². The van der Waals surface area contributed by atoms with E-state index in [9.17, 15) is 9.59 Å². The van der Waals surface area contributed by atoms with Crippen molar-refractivity contribution in [2.75, 3.05) is 12.4 Å². The van der Waals surface area contributed by atoms with Crippen LogP contribution in [0.4, 0.5) is 10.5 Å². The minimum Gasteiger partial charge on any atom is -0.504 e. The second kappa shape index (κ2) is 6.32. The smallest absolute Gasteiger partial charge is 0.326 e. The Hall–Kier alpha value is -2.30. The van der Waals surface area contributed by atoms with Crippen molar-refractivity contribution >= 4 is 17.6 Å². The summed E-state index contributed by atoms with van der Waals surface area (Å²) in [5.74, 6) is -0.500. The van der Waals surface area contributed by atoms with Crippen LogP contribution in [0.3, 0.4) is 0 Å². The maximum absolute atomic E-state index is 11.4. The van der Waals surface area contributed by atoms with E-state index >= 15 is 0 Å². The summed E-state index contributed by atoms with van der Waals surface area (Å²) in [6.45, 7) is 1.55. The second-order valence-corrected chi connectivity index (χ2v) is 3.31. The Bertz CT molecular complexity index is 427. The van der Waals surface area contributed by atoms with Gasteiger partial charge in [-0.3, -0.25) is 10.1 Å². The highest BCUT2D eigenvalue weighted by Gasteiger charge is 2.09. The van der Waals surface area contributed by atoms with Crippen LogP contribution in [0.15, 0.2) is 42.2 Å². The van der Waals surface area contributed by atoms with Gasteiger partial charge in [-0.25, -0.2) is 4.79 Å². The zero-order valence-corrected chi connectivity index (χ0v) is 9.69. The molecule has 0 radical (unpaired) electrons. The van der Waals surface area contributed by atoms with Crippen LogP contribution in [-0.2, 0) is 9.53 Å². The van der Waals surface area contributed by atoms with E-state index in [1.165, 1.54) is 13.4 Å².